The van der Waals surface area contributed by atoms with Gasteiger partial charge in [-0.2, -0.15) is 0 Å². The van der Waals surface area contributed by atoms with E-state index in [4.69, 9.17) is 4.74 Å². The highest BCUT2D eigenvalue weighted by molar-refractivity contribution is 5.88. The normalized spacial score (nSPS) is 19.4. The number of ketones is 1. The van der Waals surface area contributed by atoms with Crippen LogP contribution >= 0.6 is 0 Å². The Labute approximate surface area is 96.6 Å². The van der Waals surface area contributed by atoms with Crippen LogP contribution in [0.4, 0.5) is 0 Å². The first-order valence-corrected chi connectivity index (χ1v) is 5.95. The Morgan fingerprint density at radius 2 is 2.19 bits per heavy atom. The molecule has 0 aliphatic heterocycles. The summed E-state index contributed by atoms with van der Waals surface area (Å²) < 4.78 is 5.23. The van der Waals surface area contributed by atoms with Gasteiger partial charge in [0, 0.05) is 12.3 Å². The second-order valence-electron chi connectivity index (χ2n) is 4.37. The second-order valence-corrected chi connectivity index (χ2v) is 4.37. The molecule has 1 aliphatic rings. The van der Waals surface area contributed by atoms with E-state index >= 15 is 0 Å². The van der Waals surface area contributed by atoms with Crippen LogP contribution in [0.1, 0.15) is 43.2 Å². The van der Waals surface area contributed by atoms with Gasteiger partial charge >= 0.3 is 0 Å². The van der Waals surface area contributed by atoms with Gasteiger partial charge in [-0.1, -0.05) is 19.4 Å². The summed E-state index contributed by atoms with van der Waals surface area (Å²) in [5.74, 6) is 1.35. The van der Waals surface area contributed by atoms with Crippen molar-refractivity contribution >= 4 is 5.78 Å². The van der Waals surface area contributed by atoms with Crippen LogP contribution in [0.5, 0.6) is 5.75 Å². The van der Waals surface area contributed by atoms with Gasteiger partial charge < -0.3 is 4.74 Å². The van der Waals surface area contributed by atoms with Crippen molar-refractivity contribution in [1.82, 2.24) is 0 Å². The highest BCUT2D eigenvalue weighted by Crippen LogP contribution is 2.34. The van der Waals surface area contributed by atoms with Gasteiger partial charge in [-0.3, -0.25) is 4.79 Å². The molecule has 0 bridgehead atoms. The molecule has 0 amide bonds. The van der Waals surface area contributed by atoms with E-state index in [1.807, 2.05) is 12.1 Å². The predicted molar refractivity (Wildman–Crippen MR) is 64.0 cm³/mol. The molecule has 0 spiro atoms. The third-order valence-electron chi connectivity index (χ3n) is 3.34. The van der Waals surface area contributed by atoms with Gasteiger partial charge in [-0.15, -0.1) is 0 Å². The Morgan fingerprint density at radius 3 is 2.88 bits per heavy atom. The fraction of sp³-hybridized carbons (Fsp3) is 0.500. The number of hydrogen-bond donors (Lipinski definition) is 0. The highest BCUT2D eigenvalue weighted by atomic mass is 16.5. The largest absolute Gasteiger partial charge is 0.497 e. The monoisotopic (exact) mass is 218 g/mol. The summed E-state index contributed by atoms with van der Waals surface area (Å²) in [6.45, 7) is 2.13. The lowest BCUT2D eigenvalue weighted by Gasteiger charge is -2.24. The molecule has 0 unspecified atom stereocenters. The first-order valence-electron chi connectivity index (χ1n) is 5.95. The zero-order chi connectivity index (χ0) is 11.5. The molecule has 1 aromatic rings. The highest BCUT2D eigenvalue weighted by Gasteiger charge is 2.26. The summed E-state index contributed by atoms with van der Waals surface area (Å²) in [6.07, 6.45) is 3.59. The van der Waals surface area contributed by atoms with Gasteiger partial charge in [0.1, 0.15) is 11.5 Å². The van der Waals surface area contributed by atoms with E-state index in [-0.39, 0.29) is 5.92 Å². The quantitative estimate of drug-likeness (QED) is 0.779. The van der Waals surface area contributed by atoms with Crippen LogP contribution in [-0.2, 0) is 11.2 Å². The zero-order valence-corrected chi connectivity index (χ0v) is 9.95. The molecule has 86 valence electrons. The summed E-state index contributed by atoms with van der Waals surface area (Å²) >= 11 is 0. The molecule has 0 N–H and O–H groups in total. The third kappa shape index (κ3) is 1.97. The smallest absolute Gasteiger partial charge is 0.140 e. The van der Waals surface area contributed by atoms with E-state index in [0.29, 0.717) is 12.2 Å². The molecule has 0 aromatic heterocycles. The van der Waals surface area contributed by atoms with Gasteiger partial charge in [0.2, 0.25) is 0 Å². The maximum atomic E-state index is 11.9. The lowest BCUT2D eigenvalue weighted by Crippen LogP contribution is -2.20. The van der Waals surface area contributed by atoms with Crippen molar-refractivity contribution < 1.29 is 9.53 Å². The van der Waals surface area contributed by atoms with E-state index in [0.717, 1.165) is 25.0 Å². The Kier molecular flexibility index (Phi) is 3.28. The summed E-state index contributed by atoms with van der Waals surface area (Å²) in [4.78, 5) is 11.9. The molecule has 1 aromatic carbocycles. The molecule has 2 nitrogen and oxygen atoms in total. The van der Waals surface area contributed by atoms with Crippen molar-refractivity contribution in [3.63, 3.8) is 0 Å². The van der Waals surface area contributed by atoms with Gasteiger partial charge in [0.05, 0.1) is 7.11 Å². The topological polar surface area (TPSA) is 26.3 Å². The number of Topliss-reactive ketones (excluding diaryl/α,β-unsaturated/α-hetero) is 1. The number of methoxy groups -OCH3 is 1. The van der Waals surface area contributed by atoms with E-state index in [2.05, 4.69) is 13.0 Å². The number of ether oxygens (including phenoxy) is 1. The van der Waals surface area contributed by atoms with Crippen LogP contribution in [0, 0.1) is 0 Å². The van der Waals surface area contributed by atoms with E-state index in [9.17, 15) is 4.79 Å². The SMILES string of the molecule is CCC[C@@H]1C(=O)CCc2ccc(OC)cc21. The molecular formula is C14H18O2. The molecule has 1 atom stereocenters. The van der Waals surface area contributed by atoms with Crippen molar-refractivity contribution in [3.05, 3.63) is 29.3 Å². The number of hydrogen-bond acceptors (Lipinski definition) is 2. The van der Waals surface area contributed by atoms with Crippen molar-refractivity contribution in [2.45, 2.75) is 38.5 Å². The summed E-state index contributed by atoms with van der Waals surface area (Å²) in [7, 11) is 1.67. The number of benzene rings is 1. The van der Waals surface area contributed by atoms with Crippen LogP contribution in [0.2, 0.25) is 0 Å². The minimum Gasteiger partial charge on any atom is -0.497 e. The molecule has 0 heterocycles. The Balaban J connectivity index is 2.39. The fourth-order valence-corrected chi connectivity index (χ4v) is 2.46. The lowest BCUT2D eigenvalue weighted by molar-refractivity contribution is -0.121. The summed E-state index contributed by atoms with van der Waals surface area (Å²) in [6, 6.07) is 6.12. The van der Waals surface area contributed by atoms with E-state index in [1.165, 1.54) is 11.1 Å². The minimum atomic E-state index is 0.101. The molecule has 2 heteroatoms. The molecule has 1 aliphatic carbocycles. The van der Waals surface area contributed by atoms with Crippen molar-refractivity contribution in [2.24, 2.45) is 0 Å². The lowest BCUT2D eigenvalue weighted by atomic mass is 9.79. The maximum Gasteiger partial charge on any atom is 0.140 e. The fourth-order valence-electron chi connectivity index (χ4n) is 2.46. The zero-order valence-electron chi connectivity index (χ0n) is 9.95. The number of rotatable bonds is 3. The molecule has 0 saturated heterocycles. The first kappa shape index (κ1) is 11.2. The summed E-state index contributed by atoms with van der Waals surface area (Å²) in [5.41, 5.74) is 2.51. The van der Waals surface area contributed by atoms with Crippen LogP contribution in [0.15, 0.2) is 18.2 Å². The Bertz CT molecular complexity index is 396. The third-order valence-corrected chi connectivity index (χ3v) is 3.34. The Hall–Kier alpha value is -1.31. The molecule has 0 radical (unpaired) electrons. The molecular weight excluding hydrogens is 200 g/mol. The van der Waals surface area contributed by atoms with Gasteiger partial charge in [0.15, 0.2) is 0 Å². The summed E-state index contributed by atoms with van der Waals surface area (Å²) in [5, 5.41) is 0. The second kappa shape index (κ2) is 4.69. The van der Waals surface area contributed by atoms with Gasteiger partial charge in [-0.25, -0.2) is 0 Å². The van der Waals surface area contributed by atoms with Crippen LogP contribution in [-0.4, -0.2) is 12.9 Å². The van der Waals surface area contributed by atoms with E-state index < -0.39 is 0 Å². The van der Waals surface area contributed by atoms with Crippen molar-refractivity contribution in [3.8, 4) is 5.75 Å². The predicted octanol–water partition coefficient (Wildman–Crippen LogP) is 3.09. The molecule has 0 saturated carbocycles. The number of carbonyl (C=O) groups is 1. The molecule has 0 fully saturated rings. The number of aryl methyl sites for hydroxylation is 1. The average molecular weight is 218 g/mol. The number of carbonyl (C=O) groups excluding carboxylic acids is 1. The van der Waals surface area contributed by atoms with Crippen LogP contribution in [0.3, 0.4) is 0 Å². The minimum absolute atomic E-state index is 0.101. The first-order chi connectivity index (χ1) is 7.76. The maximum absolute atomic E-state index is 11.9. The van der Waals surface area contributed by atoms with E-state index in [1.54, 1.807) is 7.11 Å². The number of fused-ring (bicyclic) bond motifs is 1. The van der Waals surface area contributed by atoms with Crippen molar-refractivity contribution in [1.29, 1.82) is 0 Å². The van der Waals surface area contributed by atoms with Crippen molar-refractivity contribution in [2.75, 3.05) is 7.11 Å². The average Bonchev–Trinajstić information content (AvgIpc) is 2.32. The van der Waals surface area contributed by atoms with Crippen LogP contribution in [0.25, 0.3) is 0 Å². The standard InChI is InChI=1S/C14H18O2/c1-3-4-12-13-9-11(16-2)7-5-10(13)6-8-14(12)15/h5,7,9,12H,3-4,6,8H2,1-2H3/t12-/m0/s1. The Morgan fingerprint density at radius 1 is 1.38 bits per heavy atom. The van der Waals surface area contributed by atoms with Crippen LogP contribution < -0.4 is 4.74 Å². The van der Waals surface area contributed by atoms with Gasteiger partial charge in [0.25, 0.3) is 0 Å². The van der Waals surface area contributed by atoms with Gasteiger partial charge in [-0.05, 0) is 36.1 Å². The molecule has 16 heavy (non-hydrogen) atoms. The molecule has 2 rings (SSSR count).